The van der Waals surface area contributed by atoms with Crippen LogP contribution >= 0.6 is 0 Å². The highest BCUT2D eigenvalue weighted by molar-refractivity contribution is 7.90. The highest BCUT2D eigenvalue weighted by Gasteiger charge is 2.53. The first kappa shape index (κ1) is 26.9. The lowest BCUT2D eigenvalue weighted by molar-refractivity contribution is -0.0452. The number of rotatable bonds is 9. The summed E-state index contributed by atoms with van der Waals surface area (Å²) < 4.78 is 118. The van der Waals surface area contributed by atoms with E-state index in [1.54, 1.807) is 18.6 Å². The Kier molecular flexibility index (Phi) is 8.33. The summed E-state index contributed by atoms with van der Waals surface area (Å²) in [6, 6.07) is 1.26. The Morgan fingerprint density at radius 2 is 1.56 bits per heavy atom. The largest absolute Gasteiger partial charge is 0.511 e. The van der Waals surface area contributed by atoms with Gasteiger partial charge in [0.25, 0.3) is 0 Å². The van der Waals surface area contributed by atoms with Gasteiger partial charge in [0.05, 0.1) is 0 Å². The minimum absolute atomic E-state index is 0.138. The van der Waals surface area contributed by atoms with Crippen molar-refractivity contribution in [3.63, 3.8) is 0 Å². The number of hydrogen-bond donors (Lipinski definition) is 1. The van der Waals surface area contributed by atoms with Crippen molar-refractivity contribution in [2.45, 2.75) is 68.7 Å². The van der Waals surface area contributed by atoms with E-state index in [0.717, 1.165) is 18.2 Å². The summed E-state index contributed by atoms with van der Waals surface area (Å²) in [6.07, 6.45) is -0.396. The molecule has 1 aromatic carbocycles. The maximum atomic E-state index is 14.8. The maximum Gasteiger partial charge on any atom is 0.511 e. The summed E-state index contributed by atoms with van der Waals surface area (Å²) in [5.74, 6) is -1.80. The van der Waals surface area contributed by atoms with Gasteiger partial charge in [-0.1, -0.05) is 13.8 Å². The molecule has 0 radical (unpaired) electrons. The normalized spacial score (nSPS) is 22.9. The predicted octanol–water partition coefficient (Wildman–Crippen LogP) is 3.99. The average molecular weight is 507 g/mol. The van der Waals surface area contributed by atoms with Crippen LogP contribution in [0.2, 0.25) is 0 Å². The predicted molar refractivity (Wildman–Crippen MR) is 109 cm³/mol. The van der Waals surface area contributed by atoms with Crippen molar-refractivity contribution in [2.24, 2.45) is 0 Å². The standard InChI is InChI=1S/C19H27F5N2O4S2/c1-3-11-26(12-4-2)32(29,30)18(16-13-14(20)5-6-17(16)21)9-7-15(8-10-18)25-31(27,28)19(22,23)24/h5-6,13,15,25H,3-4,7-12H2,1-2H3/t15-,18+. The van der Waals surface area contributed by atoms with Gasteiger partial charge in [0.1, 0.15) is 16.4 Å². The fourth-order valence-corrected chi connectivity index (χ4v) is 7.43. The molecule has 1 aliphatic carbocycles. The molecule has 0 spiro atoms. The van der Waals surface area contributed by atoms with Crippen LogP contribution in [0, 0.1) is 11.6 Å². The number of nitrogens with zero attached hydrogens (tertiary/aromatic N) is 1. The lowest BCUT2D eigenvalue weighted by Gasteiger charge is -2.43. The first-order chi connectivity index (χ1) is 14.7. The van der Waals surface area contributed by atoms with E-state index in [1.165, 1.54) is 4.31 Å². The summed E-state index contributed by atoms with van der Waals surface area (Å²) in [7, 11) is -9.90. The third kappa shape index (κ3) is 5.26. The Morgan fingerprint density at radius 1 is 1.03 bits per heavy atom. The van der Waals surface area contributed by atoms with Crippen LogP contribution in [0.1, 0.15) is 57.9 Å². The molecule has 1 aliphatic rings. The zero-order chi connectivity index (χ0) is 24.4. The van der Waals surface area contributed by atoms with E-state index < -0.39 is 53.5 Å². The molecule has 0 aliphatic heterocycles. The molecule has 0 saturated heterocycles. The van der Waals surface area contributed by atoms with Crippen molar-refractivity contribution in [1.82, 2.24) is 9.03 Å². The van der Waals surface area contributed by atoms with E-state index >= 15 is 0 Å². The van der Waals surface area contributed by atoms with E-state index in [1.807, 2.05) is 0 Å². The smallest absolute Gasteiger partial charge is 0.211 e. The molecule has 6 nitrogen and oxygen atoms in total. The SMILES string of the molecule is CCCN(CCC)S(=O)(=O)[C@]1(c2cc(F)ccc2F)CC[C@H](NS(=O)(=O)C(F)(F)F)CC1. The van der Waals surface area contributed by atoms with Gasteiger partial charge in [-0.2, -0.15) is 13.2 Å². The Hall–Kier alpha value is -1.31. The number of alkyl halides is 3. The molecule has 2 rings (SSSR count). The zero-order valence-corrected chi connectivity index (χ0v) is 19.4. The van der Waals surface area contributed by atoms with Crippen molar-refractivity contribution in [3.8, 4) is 0 Å². The lowest BCUT2D eigenvalue weighted by Crippen LogP contribution is -2.52. The Bertz CT molecular complexity index is 999. The third-order valence-corrected chi connectivity index (χ3v) is 9.53. The first-order valence-corrected chi connectivity index (χ1v) is 13.2. The van der Waals surface area contributed by atoms with Gasteiger partial charge in [-0.05, 0) is 56.7 Å². The van der Waals surface area contributed by atoms with Gasteiger partial charge in [0.15, 0.2) is 0 Å². The van der Waals surface area contributed by atoms with E-state index in [0.29, 0.717) is 12.8 Å². The van der Waals surface area contributed by atoms with Crippen LogP contribution < -0.4 is 4.72 Å². The second-order valence-corrected chi connectivity index (χ2v) is 11.8. The van der Waals surface area contributed by atoms with E-state index in [4.69, 9.17) is 0 Å². The van der Waals surface area contributed by atoms with Gasteiger partial charge >= 0.3 is 15.5 Å². The molecule has 13 heteroatoms. The zero-order valence-electron chi connectivity index (χ0n) is 17.8. The van der Waals surface area contributed by atoms with Gasteiger partial charge in [-0.3, -0.25) is 0 Å². The van der Waals surface area contributed by atoms with Crippen LogP contribution in [0.25, 0.3) is 0 Å². The Labute approximate surface area is 185 Å². The van der Waals surface area contributed by atoms with Crippen LogP contribution in [0.15, 0.2) is 18.2 Å². The van der Waals surface area contributed by atoms with Crippen molar-refractivity contribution in [3.05, 3.63) is 35.4 Å². The number of benzene rings is 1. The van der Waals surface area contributed by atoms with Crippen LogP contribution in [-0.2, 0) is 24.8 Å². The summed E-state index contributed by atoms with van der Waals surface area (Å²) >= 11 is 0. The number of sulfonamides is 2. The molecule has 1 fully saturated rings. The van der Waals surface area contributed by atoms with Crippen LogP contribution in [-0.4, -0.2) is 45.8 Å². The molecular weight excluding hydrogens is 479 g/mol. The molecule has 0 atom stereocenters. The van der Waals surface area contributed by atoms with E-state index in [-0.39, 0.29) is 38.8 Å². The summed E-state index contributed by atoms with van der Waals surface area (Å²) in [5, 5.41) is 0. The molecule has 184 valence electrons. The molecule has 32 heavy (non-hydrogen) atoms. The molecule has 0 heterocycles. The maximum absolute atomic E-state index is 14.8. The second-order valence-electron chi connectivity index (χ2n) is 7.86. The molecular formula is C19H27F5N2O4S2. The molecule has 0 unspecified atom stereocenters. The van der Waals surface area contributed by atoms with E-state index in [9.17, 15) is 38.8 Å². The molecule has 0 bridgehead atoms. The summed E-state index contributed by atoms with van der Waals surface area (Å²) in [6.45, 7) is 3.80. The van der Waals surface area contributed by atoms with Crippen LogP contribution in [0.3, 0.4) is 0 Å². The van der Waals surface area contributed by atoms with Crippen molar-refractivity contribution < 1.29 is 38.8 Å². The molecule has 1 saturated carbocycles. The number of hydrogen-bond acceptors (Lipinski definition) is 4. The topological polar surface area (TPSA) is 83.6 Å². The summed E-state index contributed by atoms with van der Waals surface area (Å²) in [5.41, 5.74) is -5.91. The van der Waals surface area contributed by atoms with Crippen LogP contribution in [0.5, 0.6) is 0 Å². The minimum Gasteiger partial charge on any atom is -0.211 e. The minimum atomic E-state index is -5.63. The van der Waals surface area contributed by atoms with Crippen LogP contribution in [0.4, 0.5) is 22.0 Å². The average Bonchev–Trinajstić information content (AvgIpc) is 2.69. The molecule has 0 aromatic heterocycles. The lowest BCUT2D eigenvalue weighted by atomic mass is 9.81. The highest BCUT2D eigenvalue weighted by Crippen LogP contribution is 2.47. The second kappa shape index (κ2) is 9.90. The first-order valence-electron chi connectivity index (χ1n) is 10.3. The quantitative estimate of drug-likeness (QED) is 0.514. The van der Waals surface area contributed by atoms with Gasteiger partial charge in [-0.25, -0.2) is 34.6 Å². The Balaban J connectivity index is 2.50. The highest BCUT2D eigenvalue weighted by atomic mass is 32.2. The van der Waals surface area contributed by atoms with Gasteiger partial charge in [0.2, 0.25) is 10.0 Å². The molecule has 0 amide bonds. The Morgan fingerprint density at radius 3 is 2.03 bits per heavy atom. The third-order valence-electron chi connectivity index (χ3n) is 5.62. The van der Waals surface area contributed by atoms with Gasteiger partial charge in [-0.15, -0.1) is 0 Å². The van der Waals surface area contributed by atoms with Crippen molar-refractivity contribution >= 4 is 20.0 Å². The summed E-state index contributed by atoms with van der Waals surface area (Å²) in [4.78, 5) is 0. The van der Waals surface area contributed by atoms with Crippen molar-refractivity contribution in [2.75, 3.05) is 13.1 Å². The van der Waals surface area contributed by atoms with E-state index in [2.05, 4.69) is 0 Å². The number of nitrogens with one attached hydrogen (secondary N) is 1. The number of halogens is 5. The fraction of sp³-hybridized carbons (Fsp3) is 0.684. The fourth-order valence-electron chi connectivity index (χ4n) is 4.10. The molecule has 1 aromatic rings. The molecule has 1 N–H and O–H groups in total. The van der Waals surface area contributed by atoms with Gasteiger partial charge in [0, 0.05) is 24.7 Å². The monoisotopic (exact) mass is 506 g/mol. The van der Waals surface area contributed by atoms with Crippen molar-refractivity contribution in [1.29, 1.82) is 0 Å². The van der Waals surface area contributed by atoms with Gasteiger partial charge < -0.3 is 0 Å².